The Bertz CT molecular complexity index is 1410. The van der Waals surface area contributed by atoms with Crippen LogP contribution in [-0.2, 0) is 30.5 Å². The first-order valence-electron chi connectivity index (χ1n) is 17.7. The molecule has 3 aromatic rings. The van der Waals surface area contributed by atoms with Gasteiger partial charge in [0.05, 0.1) is 6.42 Å². The summed E-state index contributed by atoms with van der Waals surface area (Å²) >= 11 is 0. The van der Waals surface area contributed by atoms with Gasteiger partial charge in [0.15, 0.2) is 0 Å². The Morgan fingerprint density at radius 1 is 0.771 bits per heavy atom. The molecule has 0 fully saturated rings. The van der Waals surface area contributed by atoms with E-state index in [0.29, 0.717) is 11.8 Å². The van der Waals surface area contributed by atoms with Crippen molar-refractivity contribution in [1.29, 1.82) is 0 Å². The zero-order valence-corrected chi connectivity index (χ0v) is 28.5. The number of rotatable bonds is 24. The standard InChI is InChI=1S/C39H53N3O6/c1-2-3-4-5-6-7-8-9-10-11-15-22-32(28-35(40)43)48-39(46)34(24-18-25-36(44)47-29-30-19-13-12-14-20-30)42-38(45)37-33-23-17-16-21-31(33)26-27-41-37/h12-14,16-17,19-21,23,26-27,32,34H,2-11,15,18,22,24-25,28-29H2,1H3,(H2,40,43)(H,42,45)/t32-,34-/m0/s1. The molecule has 48 heavy (non-hydrogen) atoms. The minimum atomic E-state index is -1.06. The number of carbonyl (C=O) groups is 4. The van der Waals surface area contributed by atoms with Crippen molar-refractivity contribution >= 4 is 34.5 Å². The Morgan fingerprint density at radius 2 is 1.42 bits per heavy atom. The number of fused-ring (bicyclic) bond motifs is 1. The van der Waals surface area contributed by atoms with E-state index in [2.05, 4.69) is 17.2 Å². The number of amides is 2. The van der Waals surface area contributed by atoms with Gasteiger partial charge in [-0.3, -0.25) is 19.4 Å². The highest BCUT2D eigenvalue weighted by atomic mass is 16.5. The lowest BCUT2D eigenvalue weighted by Gasteiger charge is -2.22. The fourth-order valence-electron chi connectivity index (χ4n) is 5.75. The van der Waals surface area contributed by atoms with E-state index in [9.17, 15) is 19.2 Å². The fourth-order valence-corrected chi connectivity index (χ4v) is 5.75. The first-order chi connectivity index (χ1) is 23.4. The number of unbranched alkanes of at least 4 members (excludes halogenated alkanes) is 10. The van der Waals surface area contributed by atoms with E-state index in [4.69, 9.17) is 15.2 Å². The SMILES string of the molecule is CCCCCCCCCCCCC[C@@H](CC(N)=O)OC(=O)[C@H](CCCC(=O)OCc1ccccc1)NC(=O)c1nccc2ccccc12. The van der Waals surface area contributed by atoms with Gasteiger partial charge in [-0.2, -0.15) is 0 Å². The van der Waals surface area contributed by atoms with Gasteiger partial charge < -0.3 is 20.5 Å². The molecule has 0 unspecified atom stereocenters. The highest BCUT2D eigenvalue weighted by Gasteiger charge is 2.27. The number of aromatic nitrogens is 1. The van der Waals surface area contributed by atoms with Gasteiger partial charge in [-0.05, 0) is 42.7 Å². The average Bonchev–Trinajstić information content (AvgIpc) is 3.09. The number of primary amides is 1. The molecule has 2 atom stereocenters. The lowest BCUT2D eigenvalue weighted by Crippen LogP contribution is -2.43. The van der Waals surface area contributed by atoms with Crippen LogP contribution in [0, 0.1) is 0 Å². The van der Waals surface area contributed by atoms with E-state index in [1.54, 1.807) is 12.3 Å². The van der Waals surface area contributed by atoms with E-state index in [1.807, 2.05) is 54.6 Å². The first-order valence-corrected chi connectivity index (χ1v) is 17.7. The largest absolute Gasteiger partial charge is 0.461 e. The van der Waals surface area contributed by atoms with Gasteiger partial charge in [-0.1, -0.05) is 126 Å². The van der Waals surface area contributed by atoms with Crippen LogP contribution in [0.2, 0.25) is 0 Å². The molecule has 9 nitrogen and oxygen atoms in total. The maximum atomic E-state index is 13.5. The van der Waals surface area contributed by atoms with Crippen molar-refractivity contribution in [3.63, 3.8) is 0 Å². The molecule has 1 heterocycles. The molecule has 0 aliphatic heterocycles. The van der Waals surface area contributed by atoms with Gasteiger partial charge >= 0.3 is 11.9 Å². The maximum Gasteiger partial charge on any atom is 0.328 e. The summed E-state index contributed by atoms with van der Waals surface area (Å²) in [5.41, 5.74) is 6.57. The number of esters is 2. The third kappa shape index (κ3) is 14.7. The number of carbonyl (C=O) groups excluding carboxylic acids is 4. The van der Waals surface area contributed by atoms with E-state index >= 15 is 0 Å². The van der Waals surface area contributed by atoms with Crippen LogP contribution in [0.5, 0.6) is 0 Å². The van der Waals surface area contributed by atoms with Gasteiger partial charge in [0.2, 0.25) is 5.91 Å². The molecule has 2 aromatic carbocycles. The van der Waals surface area contributed by atoms with Crippen LogP contribution in [-0.4, -0.2) is 40.9 Å². The molecular weight excluding hydrogens is 606 g/mol. The molecule has 260 valence electrons. The number of hydrogen-bond acceptors (Lipinski definition) is 7. The van der Waals surface area contributed by atoms with Crippen LogP contribution in [0.15, 0.2) is 66.9 Å². The summed E-state index contributed by atoms with van der Waals surface area (Å²) in [7, 11) is 0. The Labute approximate surface area is 285 Å². The highest BCUT2D eigenvalue weighted by molar-refractivity contribution is 6.06. The Hall–Kier alpha value is -4.27. The average molecular weight is 660 g/mol. The van der Waals surface area contributed by atoms with Gasteiger partial charge in [0, 0.05) is 18.0 Å². The number of hydrogen-bond donors (Lipinski definition) is 2. The lowest BCUT2D eigenvalue weighted by molar-refractivity contribution is -0.153. The van der Waals surface area contributed by atoms with Crippen LogP contribution in [0.3, 0.4) is 0 Å². The molecule has 0 saturated carbocycles. The highest BCUT2D eigenvalue weighted by Crippen LogP contribution is 2.19. The minimum Gasteiger partial charge on any atom is -0.461 e. The van der Waals surface area contributed by atoms with Gasteiger partial charge in [-0.15, -0.1) is 0 Å². The zero-order valence-electron chi connectivity index (χ0n) is 28.5. The second-order valence-electron chi connectivity index (χ2n) is 12.5. The second kappa shape index (κ2) is 22.3. The quantitative estimate of drug-likeness (QED) is 0.0741. The van der Waals surface area contributed by atoms with Crippen molar-refractivity contribution < 1.29 is 28.7 Å². The molecule has 3 N–H and O–H groups in total. The van der Waals surface area contributed by atoms with Crippen molar-refractivity contribution in [1.82, 2.24) is 10.3 Å². The van der Waals surface area contributed by atoms with Crippen LogP contribution < -0.4 is 11.1 Å². The monoisotopic (exact) mass is 659 g/mol. The first kappa shape index (κ1) is 38.2. The van der Waals surface area contributed by atoms with Gasteiger partial charge in [0.1, 0.15) is 24.4 Å². The number of pyridine rings is 1. The summed E-state index contributed by atoms with van der Waals surface area (Å²) < 4.78 is 11.2. The molecule has 0 spiro atoms. The minimum absolute atomic E-state index is 0.0580. The maximum absolute atomic E-state index is 13.5. The molecule has 0 saturated heterocycles. The molecule has 2 amide bonds. The van der Waals surface area contributed by atoms with E-state index in [-0.39, 0.29) is 38.0 Å². The third-order valence-corrected chi connectivity index (χ3v) is 8.44. The van der Waals surface area contributed by atoms with Crippen molar-refractivity contribution in [2.75, 3.05) is 0 Å². The van der Waals surface area contributed by atoms with Crippen molar-refractivity contribution in [2.45, 2.75) is 128 Å². The van der Waals surface area contributed by atoms with Crippen LogP contribution in [0.4, 0.5) is 0 Å². The smallest absolute Gasteiger partial charge is 0.328 e. The van der Waals surface area contributed by atoms with E-state index < -0.39 is 35.9 Å². The van der Waals surface area contributed by atoms with Crippen molar-refractivity contribution in [2.24, 2.45) is 5.73 Å². The van der Waals surface area contributed by atoms with Crippen LogP contribution in [0.25, 0.3) is 10.8 Å². The normalized spacial score (nSPS) is 12.3. The number of ether oxygens (including phenoxy) is 2. The molecule has 0 aliphatic rings. The van der Waals surface area contributed by atoms with Gasteiger partial charge in [0.25, 0.3) is 5.91 Å². The summed E-state index contributed by atoms with van der Waals surface area (Å²) in [6, 6.07) is 17.5. The fraction of sp³-hybridized carbons (Fsp3) is 0.513. The lowest BCUT2D eigenvalue weighted by atomic mass is 10.0. The van der Waals surface area contributed by atoms with Gasteiger partial charge in [-0.25, -0.2) is 4.79 Å². The number of nitrogens with zero attached hydrogens (tertiary/aromatic N) is 1. The predicted octanol–water partition coefficient (Wildman–Crippen LogP) is 7.74. The summed E-state index contributed by atoms with van der Waals surface area (Å²) in [6.07, 6.45) is 14.7. The predicted molar refractivity (Wildman–Crippen MR) is 188 cm³/mol. The Balaban J connectivity index is 1.56. The Morgan fingerprint density at radius 3 is 2.10 bits per heavy atom. The zero-order chi connectivity index (χ0) is 34.4. The summed E-state index contributed by atoms with van der Waals surface area (Å²) in [5.74, 6) is -2.17. The topological polar surface area (TPSA) is 138 Å². The molecule has 0 radical (unpaired) electrons. The number of benzene rings is 2. The van der Waals surface area contributed by atoms with E-state index in [0.717, 1.165) is 36.6 Å². The Kier molecular flexibility index (Phi) is 17.8. The summed E-state index contributed by atoms with van der Waals surface area (Å²) in [5, 5.41) is 4.27. The molecule has 1 aromatic heterocycles. The summed E-state index contributed by atoms with van der Waals surface area (Å²) in [6.45, 7) is 2.38. The van der Waals surface area contributed by atoms with Crippen LogP contribution >= 0.6 is 0 Å². The number of nitrogens with one attached hydrogen (secondary N) is 1. The summed E-state index contributed by atoms with van der Waals surface area (Å²) in [4.78, 5) is 55.5. The van der Waals surface area contributed by atoms with E-state index in [1.165, 1.54) is 44.9 Å². The second-order valence-corrected chi connectivity index (χ2v) is 12.5. The molecular formula is C39H53N3O6. The molecule has 0 bridgehead atoms. The van der Waals surface area contributed by atoms with Crippen molar-refractivity contribution in [3.05, 3.63) is 78.1 Å². The molecule has 9 heteroatoms. The number of nitrogens with two attached hydrogens (primary N) is 1. The van der Waals surface area contributed by atoms with Crippen molar-refractivity contribution in [3.8, 4) is 0 Å². The molecule has 0 aliphatic carbocycles. The molecule has 3 rings (SSSR count). The van der Waals surface area contributed by atoms with Crippen LogP contribution in [0.1, 0.15) is 126 Å². The third-order valence-electron chi connectivity index (χ3n) is 8.44.